The highest BCUT2D eigenvalue weighted by molar-refractivity contribution is 5.93. The second-order valence-corrected chi connectivity index (χ2v) is 6.45. The SMILES string of the molecule is [2H]c1ccc2c(-c3cc(C(C)C)cc(C)c3C)[n+](C)ccc2c1. The molecule has 3 rings (SSSR count). The van der Waals surface area contributed by atoms with E-state index >= 15 is 0 Å². The maximum Gasteiger partial charge on any atom is 0.220 e. The van der Waals surface area contributed by atoms with Crippen LogP contribution in [-0.2, 0) is 7.05 Å². The van der Waals surface area contributed by atoms with Gasteiger partial charge in [0.15, 0.2) is 6.20 Å². The fraction of sp³-hybridized carbons (Fsp3) is 0.286. The smallest absolute Gasteiger partial charge is 0.200 e. The lowest BCUT2D eigenvalue weighted by atomic mass is 9.91. The number of nitrogens with zero attached hydrogens (tertiary/aromatic N) is 1. The van der Waals surface area contributed by atoms with Crippen molar-refractivity contribution >= 4 is 10.8 Å². The molecule has 0 fully saturated rings. The third-order valence-corrected chi connectivity index (χ3v) is 4.59. The molecule has 0 atom stereocenters. The number of fused-ring (bicyclic) bond motifs is 1. The van der Waals surface area contributed by atoms with Crippen LogP contribution in [0.1, 0.15) is 37.8 Å². The molecule has 0 N–H and O–H groups in total. The molecule has 0 unspecified atom stereocenters. The summed E-state index contributed by atoms with van der Waals surface area (Å²) in [4.78, 5) is 0. The molecule has 0 saturated heterocycles. The number of pyridine rings is 1. The van der Waals surface area contributed by atoms with Gasteiger partial charge in [-0.2, -0.15) is 0 Å². The summed E-state index contributed by atoms with van der Waals surface area (Å²) in [6, 6.07) is 13.2. The van der Waals surface area contributed by atoms with E-state index in [4.69, 9.17) is 1.37 Å². The van der Waals surface area contributed by atoms with Gasteiger partial charge in [0.2, 0.25) is 5.69 Å². The van der Waals surface area contributed by atoms with Crippen molar-refractivity contribution in [1.29, 1.82) is 0 Å². The van der Waals surface area contributed by atoms with Crippen LogP contribution in [0.4, 0.5) is 0 Å². The Morgan fingerprint density at radius 2 is 1.86 bits per heavy atom. The summed E-state index contributed by atoms with van der Waals surface area (Å²) in [6.45, 7) is 8.87. The maximum absolute atomic E-state index is 7.87. The average Bonchev–Trinajstić information content (AvgIpc) is 2.50. The van der Waals surface area contributed by atoms with Crippen molar-refractivity contribution in [3.8, 4) is 11.3 Å². The summed E-state index contributed by atoms with van der Waals surface area (Å²) in [5, 5.41) is 2.33. The second-order valence-electron chi connectivity index (χ2n) is 6.45. The van der Waals surface area contributed by atoms with Gasteiger partial charge in [0.1, 0.15) is 7.05 Å². The molecular weight excluding hydrogens is 266 g/mol. The zero-order valence-corrected chi connectivity index (χ0v) is 14.1. The standard InChI is InChI=1S/C21H24N/c1-14(2)18-12-15(3)16(4)20(13-18)21-19-9-7-6-8-17(19)10-11-22(21)5/h6-14H,1-5H3/q+1/i6D. The normalized spacial score (nSPS) is 12.0. The molecule has 0 spiro atoms. The fourth-order valence-corrected chi connectivity index (χ4v) is 3.06. The molecule has 1 aromatic heterocycles. The Labute approximate surface area is 134 Å². The minimum absolute atomic E-state index is 0.508. The van der Waals surface area contributed by atoms with Crippen molar-refractivity contribution in [2.75, 3.05) is 0 Å². The summed E-state index contributed by atoms with van der Waals surface area (Å²) >= 11 is 0. The van der Waals surface area contributed by atoms with Gasteiger partial charge in [0.25, 0.3) is 0 Å². The Balaban J connectivity index is 2.39. The zero-order chi connectivity index (χ0) is 16.7. The highest BCUT2D eigenvalue weighted by Crippen LogP contribution is 2.32. The summed E-state index contributed by atoms with van der Waals surface area (Å²) in [5.74, 6) is 0.508. The van der Waals surface area contributed by atoms with E-state index in [1.54, 1.807) is 0 Å². The van der Waals surface area contributed by atoms with Crippen LogP contribution in [0.2, 0.25) is 0 Å². The third kappa shape index (κ3) is 2.41. The Morgan fingerprint density at radius 3 is 2.59 bits per heavy atom. The molecule has 0 bridgehead atoms. The number of benzene rings is 2. The Hall–Kier alpha value is -2.15. The summed E-state index contributed by atoms with van der Waals surface area (Å²) in [5.41, 5.74) is 6.55. The van der Waals surface area contributed by atoms with Gasteiger partial charge in [-0.25, -0.2) is 4.57 Å². The minimum Gasteiger partial charge on any atom is -0.200 e. The van der Waals surface area contributed by atoms with E-state index in [0.29, 0.717) is 12.0 Å². The van der Waals surface area contributed by atoms with Crippen LogP contribution in [0.15, 0.2) is 48.6 Å². The third-order valence-electron chi connectivity index (χ3n) is 4.59. The Kier molecular flexibility index (Phi) is 3.42. The van der Waals surface area contributed by atoms with Gasteiger partial charge >= 0.3 is 0 Å². The van der Waals surface area contributed by atoms with Gasteiger partial charge in [-0.1, -0.05) is 38.1 Å². The Bertz CT molecular complexity index is 894. The molecule has 0 amide bonds. The van der Waals surface area contributed by atoms with Crippen molar-refractivity contribution in [2.45, 2.75) is 33.6 Å². The first-order valence-corrected chi connectivity index (χ1v) is 7.89. The van der Waals surface area contributed by atoms with Gasteiger partial charge in [-0.15, -0.1) is 0 Å². The largest absolute Gasteiger partial charge is 0.220 e. The zero-order valence-electron chi connectivity index (χ0n) is 15.1. The van der Waals surface area contributed by atoms with E-state index < -0.39 is 0 Å². The fourth-order valence-electron chi connectivity index (χ4n) is 3.06. The van der Waals surface area contributed by atoms with Crippen molar-refractivity contribution in [1.82, 2.24) is 0 Å². The van der Waals surface area contributed by atoms with Crippen LogP contribution in [0.25, 0.3) is 22.0 Å². The van der Waals surface area contributed by atoms with Gasteiger partial charge in [-0.05, 0) is 54.0 Å². The number of aryl methyl sites for hydroxylation is 2. The molecule has 112 valence electrons. The van der Waals surface area contributed by atoms with Gasteiger partial charge < -0.3 is 0 Å². The molecule has 22 heavy (non-hydrogen) atoms. The molecule has 0 aliphatic heterocycles. The monoisotopic (exact) mass is 291 g/mol. The molecule has 2 aromatic carbocycles. The summed E-state index contributed by atoms with van der Waals surface area (Å²) in [7, 11) is 2.10. The van der Waals surface area contributed by atoms with E-state index in [9.17, 15) is 0 Å². The number of rotatable bonds is 2. The van der Waals surface area contributed by atoms with Crippen LogP contribution >= 0.6 is 0 Å². The first kappa shape index (κ1) is 13.5. The topological polar surface area (TPSA) is 3.88 Å². The molecule has 0 aliphatic carbocycles. The van der Waals surface area contributed by atoms with E-state index in [0.717, 1.165) is 5.39 Å². The molecule has 3 aromatic rings. The van der Waals surface area contributed by atoms with E-state index in [1.165, 1.54) is 33.3 Å². The summed E-state index contributed by atoms with van der Waals surface area (Å²) < 4.78 is 10.1. The lowest BCUT2D eigenvalue weighted by molar-refractivity contribution is -0.659. The van der Waals surface area contributed by atoms with Crippen LogP contribution < -0.4 is 4.57 Å². The maximum atomic E-state index is 7.87. The van der Waals surface area contributed by atoms with Gasteiger partial charge in [-0.3, -0.25) is 0 Å². The molecule has 1 nitrogen and oxygen atoms in total. The number of aromatic nitrogens is 1. The lowest BCUT2D eigenvalue weighted by Crippen LogP contribution is -2.30. The first-order chi connectivity index (χ1) is 10.9. The lowest BCUT2D eigenvalue weighted by Gasteiger charge is -2.14. The van der Waals surface area contributed by atoms with Crippen molar-refractivity contribution in [3.05, 3.63) is 65.3 Å². The number of hydrogen-bond donors (Lipinski definition) is 0. The van der Waals surface area contributed by atoms with Crippen LogP contribution in [0, 0.1) is 13.8 Å². The van der Waals surface area contributed by atoms with E-state index in [2.05, 4.69) is 69.8 Å². The average molecular weight is 291 g/mol. The van der Waals surface area contributed by atoms with Gasteiger partial charge in [0, 0.05) is 6.07 Å². The molecular formula is C21H24N+. The highest BCUT2D eigenvalue weighted by Gasteiger charge is 2.19. The van der Waals surface area contributed by atoms with E-state index in [1.807, 2.05) is 12.1 Å². The molecule has 1 heterocycles. The van der Waals surface area contributed by atoms with Crippen molar-refractivity contribution in [3.63, 3.8) is 0 Å². The molecule has 0 aliphatic rings. The van der Waals surface area contributed by atoms with Crippen LogP contribution in [0.3, 0.4) is 0 Å². The molecule has 0 radical (unpaired) electrons. The summed E-state index contributed by atoms with van der Waals surface area (Å²) in [6.07, 6.45) is 2.09. The molecule has 1 heteroatoms. The van der Waals surface area contributed by atoms with Gasteiger partial charge in [0.05, 0.1) is 12.3 Å². The van der Waals surface area contributed by atoms with Crippen molar-refractivity contribution in [2.24, 2.45) is 7.05 Å². The van der Waals surface area contributed by atoms with Crippen LogP contribution in [0.5, 0.6) is 0 Å². The molecule has 0 saturated carbocycles. The predicted molar refractivity (Wildman–Crippen MR) is 94.1 cm³/mol. The predicted octanol–water partition coefficient (Wildman–Crippen LogP) is 5.07. The van der Waals surface area contributed by atoms with Crippen molar-refractivity contribution < 1.29 is 5.94 Å². The highest BCUT2D eigenvalue weighted by atomic mass is 14.9. The quantitative estimate of drug-likeness (QED) is 0.580. The number of hydrogen-bond acceptors (Lipinski definition) is 0. The minimum atomic E-state index is 0.508. The van der Waals surface area contributed by atoms with Crippen LogP contribution in [-0.4, -0.2) is 0 Å². The van der Waals surface area contributed by atoms with E-state index in [-0.39, 0.29) is 0 Å². The Morgan fingerprint density at radius 1 is 1.09 bits per heavy atom. The first-order valence-electron chi connectivity index (χ1n) is 8.39. The second kappa shape index (κ2) is 5.57.